The fourth-order valence-electron chi connectivity index (χ4n) is 1.33. The van der Waals surface area contributed by atoms with Crippen LogP contribution >= 0.6 is 31.9 Å². The molecular formula is C11H16Br2N2O. The standard InChI is InChI=1S/C11H16Br2N2O/c1-3-15(2)6-10(16)7-4-8(12)11(14)9(13)5-7/h4-5,10,16H,3,6,14H2,1-2H3/t10-/m0/s1. The Kier molecular flexibility index (Phi) is 5.24. The van der Waals surface area contributed by atoms with Crippen LogP contribution in [0.3, 0.4) is 0 Å². The molecule has 0 unspecified atom stereocenters. The van der Waals surface area contributed by atoms with E-state index in [1.54, 1.807) is 0 Å². The number of benzene rings is 1. The molecule has 0 aliphatic rings. The number of aliphatic hydroxyl groups is 1. The summed E-state index contributed by atoms with van der Waals surface area (Å²) < 4.78 is 1.60. The van der Waals surface area contributed by atoms with Crippen LogP contribution in [0.4, 0.5) is 5.69 Å². The molecule has 0 heterocycles. The molecule has 5 heteroatoms. The summed E-state index contributed by atoms with van der Waals surface area (Å²) in [6, 6.07) is 3.71. The van der Waals surface area contributed by atoms with Crippen molar-refractivity contribution in [3.8, 4) is 0 Å². The van der Waals surface area contributed by atoms with Crippen molar-refractivity contribution in [2.24, 2.45) is 0 Å². The molecule has 0 aliphatic carbocycles. The van der Waals surface area contributed by atoms with Crippen molar-refractivity contribution in [1.82, 2.24) is 4.90 Å². The lowest BCUT2D eigenvalue weighted by Gasteiger charge is -2.19. The van der Waals surface area contributed by atoms with Crippen molar-refractivity contribution in [1.29, 1.82) is 0 Å². The van der Waals surface area contributed by atoms with E-state index in [2.05, 4.69) is 43.7 Å². The fourth-order valence-corrected chi connectivity index (χ4v) is 2.55. The van der Waals surface area contributed by atoms with Gasteiger partial charge in [-0.3, -0.25) is 0 Å². The van der Waals surface area contributed by atoms with Crippen LogP contribution in [-0.4, -0.2) is 30.1 Å². The largest absolute Gasteiger partial charge is 0.397 e. The molecule has 0 saturated carbocycles. The maximum Gasteiger partial charge on any atom is 0.0917 e. The van der Waals surface area contributed by atoms with E-state index in [9.17, 15) is 5.11 Å². The third-order valence-electron chi connectivity index (χ3n) is 2.51. The van der Waals surface area contributed by atoms with Crippen molar-refractivity contribution in [3.05, 3.63) is 26.6 Å². The van der Waals surface area contributed by atoms with E-state index in [1.807, 2.05) is 19.2 Å². The molecule has 1 rings (SSSR count). The molecule has 0 bridgehead atoms. The molecule has 0 saturated heterocycles. The molecule has 3 N–H and O–H groups in total. The zero-order valence-corrected chi connectivity index (χ0v) is 12.5. The van der Waals surface area contributed by atoms with Crippen LogP contribution < -0.4 is 5.73 Å². The number of hydrogen-bond acceptors (Lipinski definition) is 3. The van der Waals surface area contributed by atoms with Crippen LogP contribution in [0, 0.1) is 0 Å². The lowest BCUT2D eigenvalue weighted by Crippen LogP contribution is -2.24. The highest BCUT2D eigenvalue weighted by atomic mass is 79.9. The first-order valence-electron chi connectivity index (χ1n) is 5.06. The number of nitrogen functional groups attached to an aromatic ring is 1. The van der Waals surface area contributed by atoms with E-state index in [-0.39, 0.29) is 0 Å². The molecule has 0 fully saturated rings. The molecular weight excluding hydrogens is 336 g/mol. The SMILES string of the molecule is CCN(C)C[C@H](O)c1cc(Br)c(N)c(Br)c1. The summed E-state index contributed by atoms with van der Waals surface area (Å²) in [5.74, 6) is 0. The van der Waals surface area contributed by atoms with Gasteiger partial charge in [0.05, 0.1) is 11.8 Å². The van der Waals surface area contributed by atoms with E-state index in [1.165, 1.54) is 0 Å². The Hall–Kier alpha value is -0.100. The summed E-state index contributed by atoms with van der Waals surface area (Å²) in [4.78, 5) is 2.06. The summed E-state index contributed by atoms with van der Waals surface area (Å²) in [6.45, 7) is 3.58. The third kappa shape index (κ3) is 3.45. The highest BCUT2D eigenvalue weighted by molar-refractivity contribution is 9.11. The quantitative estimate of drug-likeness (QED) is 0.820. The van der Waals surface area contributed by atoms with Gasteiger partial charge in [-0.05, 0) is 63.1 Å². The van der Waals surface area contributed by atoms with Gasteiger partial charge in [-0.25, -0.2) is 0 Å². The molecule has 0 aromatic heterocycles. The Morgan fingerprint density at radius 2 is 1.88 bits per heavy atom. The van der Waals surface area contributed by atoms with Gasteiger partial charge in [0.2, 0.25) is 0 Å². The molecule has 0 spiro atoms. The number of likely N-dealkylation sites (N-methyl/N-ethyl adjacent to an activating group) is 1. The molecule has 3 nitrogen and oxygen atoms in total. The fraction of sp³-hybridized carbons (Fsp3) is 0.455. The van der Waals surface area contributed by atoms with Gasteiger partial charge in [0.1, 0.15) is 0 Å². The molecule has 90 valence electrons. The smallest absolute Gasteiger partial charge is 0.0917 e. The first kappa shape index (κ1) is 14.0. The van der Waals surface area contributed by atoms with Crippen LogP contribution in [0.5, 0.6) is 0 Å². The summed E-state index contributed by atoms with van der Waals surface area (Å²) in [6.07, 6.45) is -0.502. The minimum atomic E-state index is -0.502. The monoisotopic (exact) mass is 350 g/mol. The zero-order chi connectivity index (χ0) is 12.3. The maximum absolute atomic E-state index is 10.0. The second kappa shape index (κ2) is 6.00. The Morgan fingerprint density at radius 3 is 2.31 bits per heavy atom. The van der Waals surface area contributed by atoms with E-state index in [0.717, 1.165) is 21.1 Å². The normalized spacial score (nSPS) is 13.1. The average Bonchev–Trinajstić information content (AvgIpc) is 2.24. The van der Waals surface area contributed by atoms with E-state index in [0.29, 0.717) is 12.2 Å². The van der Waals surface area contributed by atoms with Gasteiger partial charge in [0.15, 0.2) is 0 Å². The van der Waals surface area contributed by atoms with E-state index < -0.39 is 6.10 Å². The van der Waals surface area contributed by atoms with E-state index in [4.69, 9.17) is 5.73 Å². The molecule has 1 aromatic carbocycles. The first-order valence-corrected chi connectivity index (χ1v) is 6.65. The van der Waals surface area contributed by atoms with Gasteiger partial charge in [-0.1, -0.05) is 6.92 Å². The summed E-state index contributed by atoms with van der Waals surface area (Å²) >= 11 is 6.74. The number of nitrogens with two attached hydrogens (primary N) is 1. The Morgan fingerprint density at radius 1 is 1.38 bits per heavy atom. The zero-order valence-electron chi connectivity index (χ0n) is 9.37. The van der Waals surface area contributed by atoms with Crippen molar-refractivity contribution in [3.63, 3.8) is 0 Å². The third-order valence-corrected chi connectivity index (χ3v) is 3.82. The number of hydrogen-bond donors (Lipinski definition) is 2. The topological polar surface area (TPSA) is 49.5 Å². The molecule has 0 aliphatic heterocycles. The van der Waals surface area contributed by atoms with Crippen molar-refractivity contribution >= 4 is 37.5 Å². The van der Waals surface area contributed by atoms with Crippen molar-refractivity contribution in [2.45, 2.75) is 13.0 Å². The average molecular weight is 352 g/mol. The van der Waals surface area contributed by atoms with Gasteiger partial charge < -0.3 is 15.7 Å². The van der Waals surface area contributed by atoms with Gasteiger partial charge in [-0.15, -0.1) is 0 Å². The molecule has 0 amide bonds. The summed E-state index contributed by atoms with van der Waals surface area (Å²) in [7, 11) is 1.98. The van der Waals surface area contributed by atoms with Crippen LogP contribution in [0.1, 0.15) is 18.6 Å². The van der Waals surface area contributed by atoms with Crippen LogP contribution in [0.15, 0.2) is 21.1 Å². The van der Waals surface area contributed by atoms with E-state index >= 15 is 0 Å². The minimum absolute atomic E-state index is 0.502. The van der Waals surface area contributed by atoms with Gasteiger partial charge in [0, 0.05) is 15.5 Å². The van der Waals surface area contributed by atoms with Crippen LogP contribution in [0.25, 0.3) is 0 Å². The minimum Gasteiger partial charge on any atom is -0.397 e. The molecule has 16 heavy (non-hydrogen) atoms. The number of aliphatic hydroxyl groups excluding tert-OH is 1. The maximum atomic E-state index is 10.0. The Balaban J connectivity index is 2.88. The van der Waals surface area contributed by atoms with Crippen molar-refractivity contribution < 1.29 is 5.11 Å². The lowest BCUT2D eigenvalue weighted by molar-refractivity contribution is 0.129. The van der Waals surface area contributed by atoms with Gasteiger partial charge in [-0.2, -0.15) is 0 Å². The van der Waals surface area contributed by atoms with Gasteiger partial charge >= 0.3 is 0 Å². The number of halogens is 2. The summed E-state index contributed by atoms with van der Waals surface area (Å²) in [5.41, 5.74) is 7.30. The Bertz CT molecular complexity index is 348. The first-order chi connectivity index (χ1) is 7.45. The molecule has 0 radical (unpaired) electrons. The highest BCUT2D eigenvalue weighted by Crippen LogP contribution is 2.31. The Labute approximate surface area is 113 Å². The predicted octanol–water partition coefficient (Wildman–Crippen LogP) is 2.78. The predicted molar refractivity (Wildman–Crippen MR) is 74.4 cm³/mol. The second-order valence-corrected chi connectivity index (χ2v) is 5.48. The highest BCUT2D eigenvalue weighted by Gasteiger charge is 2.13. The number of nitrogens with zero attached hydrogens (tertiary/aromatic N) is 1. The molecule has 1 aromatic rings. The lowest BCUT2D eigenvalue weighted by atomic mass is 10.1. The summed E-state index contributed by atoms with van der Waals surface area (Å²) in [5, 5.41) is 10.0. The number of anilines is 1. The van der Waals surface area contributed by atoms with Crippen molar-refractivity contribution in [2.75, 3.05) is 25.9 Å². The second-order valence-electron chi connectivity index (χ2n) is 3.77. The van der Waals surface area contributed by atoms with Crippen LogP contribution in [0.2, 0.25) is 0 Å². The van der Waals surface area contributed by atoms with Crippen LogP contribution in [-0.2, 0) is 0 Å². The number of rotatable bonds is 4. The molecule has 1 atom stereocenters. The van der Waals surface area contributed by atoms with Gasteiger partial charge in [0.25, 0.3) is 0 Å².